The Bertz CT molecular complexity index is 741. The van der Waals surface area contributed by atoms with Crippen LogP contribution in [0.2, 0.25) is 0 Å². The number of carbonyl (C=O) groups excluding carboxylic acids is 3. The smallest absolute Gasteiger partial charge is 0.408 e. The summed E-state index contributed by atoms with van der Waals surface area (Å²) in [6.07, 6.45) is 3.04. The molecule has 32 heavy (non-hydrogen) atoms. The van der Waals surface area contributed by atoms with Crippen LogP contribution in [0.25, 0.3) is 0 Å². The SMILES string of the molecule is COCC(NC(=O)OC(C)(C)C)C(OC(=O)Cc1ccccc1)C(=O)NC1CCCCC1. The Morgan fingerprint density at radius 2 is 1.72 bits per heavy atom. The number of rotatable bonds is 9. The van der Waals surface area contributed by atoms with Crippen molar-refractivity contribution in [3.05, 3.63) is 35.9 Å². The molecule has 1 aromatic carbocycles. The van der Waals surface area contributed by atoms with Crippen molar-refractivity contribution in [2.75, 3.05) is 13.7 Å². The molecule has 0 radical (unpaired) electrons. The second-order valence-electron chi connectivity index (χ2n) is 9.12. The molecule has 2 N–H and O–H groups in total. The molecule has 8 heteroatoms. The van der Waals surface area contributed by atoms with Crippen LogP contribution in [0.15, 0.2) is 30.3 Å². The molecule has 0 heterocycles. The van der Waals surface area contributed by atoms with Crippen molar-refractivity contribution < 1.29 is 28.6 Å². The van der Waals surface area contributed by atoms with Gasteiger partial charge in [-0.05, 0) is 39.2 Å². The number of carbonyl (C=O) groups is 3. The van der Waals surface area contributed by atoms with E-state index in [1.54, 1.807) is 20.8 Å². The van der Waals surface area contributed by atoms with E-state index in [0.29, 0.717) is 0 Å². The summed E-state index contributed by atoms with van der Waals surface area (Å²) in [4.78, 5) is 38.2. The van der Waals surface area contributed by atoms with E-state index in [0.717, 1.165) is 37.7 Å². The predicted molar refractivity (Wildman–Crippen MR) is 120 cm³/mol. The Labute approximate surface area is 190 Å². The Morgan fingerprint density at radius 1 is 1.06 bits per heavy atom. The molecule has 2 unspecified atom stereocenters. The normalized spacial score (nSPS) is 16.5. The van der Waals surface area contributed by atoms with Crippen molar-refractivity contribution in [2.24, 2.45) is 0 Å². The Hall–Kier alpha value is -2.61. The van der Waals surface area contributed by atoms with E-state index in [4.69, 9.17) is 14.2 Å². The molecule has 8 nitrogen and oxygen atoms in total. The fourth-order valence-electron chi connectivity index (χ4n) is 3.64. The van der Waals surface area contributed by atoms with Crippen LogP contribution in [0.4, 0.5) is 4.79 Å². The fraction of sp³-hybridized carbons (Fsp3) is 0.625. The van der Waals surface area contributed by atoms with Gasteiger partial charge in [-0.1, -0.05) is 49.6 Å². The molecule has 2 rings (SSSR count). The molecule has 2 atom stereocenters. The maximum absolute atomic E-state index is 13.1. The number of nitrogens with one attached hydrogen (secondary N) is 2. The topological polar surface area (TPSA) is 103 Å². The summed E-state index contributed by atoms with van der Waals surface area (Å²) in [5, 5.41) is 5.62. The van der Waals surface area contributed by atoms with Crippen LogP contribution in [0.1, 0.15) is 58.4 Å². The quantitative estimate of drug-likeness (QED) is 0.563. The van der Waals surface area contributed by atoms with Gasteiger partial charge in [-0.2, -0.15) is 0 Å². The zero-order valence-corrected chi connectivity index (χ0v) is 19.5. The number of benzene rings is 1. The molecule has 1 saturated carbocycles. The molecule has 178 valence electrons. The summed E-state index contributed by atoms with van der Waals surface area (Å²) in [5.74, 6) is -1.01. The Balaban J connectivity index is 2.15. The second-order valence-corrected chi connectivity index (χ2v) is 9.12. The molecule has 0 aliphatic heterocycles. The summed E-state index contributed by atoms with van der Waals surface area (Å²) in [6, 6.07) is 8.25. The minimum Gasteiger partial charge on any atom is -0.450 e. The first-order valence-corrected chi connectivity index (χ1v) is 11.2. The zero-order valence-electron chi connectivity index (χ0n) is 19.5. The van der Waals surface area contributed by atoms with Crippen molar-refractivity contribution >= 4 is 18.0 Å². The summed E-state index contributed by atoms with van der Waals surface area (Å²) in [5.41, 5.74) is 0.0540. The van der Waals surface area contributed by atoms with Gasteiger partial charge in [0, 0.05) is 13.2 Å². The highest BCUT2D eigenvalue weighted by Gasteiger charge is 2.35. The first kappa shape index (κ1) is 25.6. The van der Waals surface area contributed by atoms with E-state index in [1.807, 2.05) is 30.3 Å². The average molecular weight is 449 g/mol. The Morgan fingerprint density at radius 3 is 2.31 bits per heavy atom. The lowest BCUT2D eigenvalue weighted by Gasteiger charge is -2.30. The van der Waals surface area contributed by atoms with Gasteiger partial charge in [0.05, 0.1) is 13.0 Å². The van der Waals surface area contributed by atoms with Gasteiger partial charge >= 0.3 is 12.1 Å². The summed E-state index contributed by atoms with van der Waals surface area (Å²) in [7, 11) is 1.45. The summed E-state index contributed by atoms with van der Waals surface area (Å²) < 4.78 is 16.1. The highest BCUT2D eigenvalue weighted by Crippen LogP contribution is 2.18. The first-order valence-electron chi connectivity index (χ1n) is 11.2. The fourth-order valence-corrected chi connectivity index (χ4v) is 3.64. The number of amides is 2. The third kappa shape index (κ3) is 9.26. The lowest BCUT2D eigenvalue weighted by atomic mass is 9.95. The van der Waals surface area contributed by atoms with Crippen molar-refractivity contribution in [3.63, 3.8) is 0 Å². The van der Waals surface area contributed by atoms with E-state index in [1.165, 1.54) is 7.11 Å². The van der Waals surface area contributed by atoms with E-state index in [9.17, 15) is 14.4 Å². The maximum Gasteiger partial charge on any atom is 0.408 e. The van der Waals surface area contributed by atoms with Gasteiger partial charge in [0.2, 0.25) is 6.10 Å². The molecule has 1 aliphatic carbocycles. The van der Waals surface area contributed by atoms with E-state index >= 15 is 0 Å². The first-order chi connectivity index (χ1) is 15.2. The van der Waals surface area contributed by atoms with Gasteiger partial charge in [-0.25, -0.2) is 4.79 Å². The van der Waals surface area contributed by atoms with Crippen LogP contribution in [0.5, 0.6) is 0 Å². The van der Waals surface area contributed by atoms with Crippen LogP contribution < -0.4 is 10.6 Å². The van der Waals surface area contributed by atoms with Gasteiger partial charge in [0.15, 0.2) is 0 Å². The number of methoxy groups -OCH3 is 1. The molecule has 0 spiro atoms. The molecule has 0 aromatic heterocycles. The second kappa shape index (κ2) is 12.4. The standard InChI is InChI=1S/C24H36N2O6/c1-24(2,3)32-23(29)26-19(16-30-4)21(22(28)25-18-13-9-6-10-14-18)31-20(27)15-17-11-7-5-8-12-17/h5,7-8,11-12,18-19,21H,6,9-10,13-16H2,1-4H3,(H,25,28)(H,26,29). The Kier molecular flexibility index (Phi) is 9.97. The minimum absolute atomic E-state index is 0.0141. The van der Waals surface area contributed by atoms with Crippen LogP contribution in [-0.2, 0) is 30.2 Å². The highest BCUT2D eigenvalue weighted by molar-refractivity contribution is 5.86. The number of hydrogen-bond acceptors (Lipinski definition) is 6. The van der Waals surface area contributed by atoms with Crippen LogP contribution in [0.3, 0.4) is 0 Å². The van der Waals surface area contributed by atoms with Gasteiger partial charge in [-0.3, -0.25) is 9.59 Å². The third-order valence-electron chi connectivity index (χ3n) is 5.07. The van der Waals surface area contributed by atoms with E-state index < -0.39 is 35.7 Å². The van der Waals surface area contributed by atoms with Crippen molar-refractivity contribution in [2.45, 2.75) is 83.1 Å². The molecule has 0 bridgehead atoms. The van der Waals surface area contributed by atoms with Crippen LogP contribution >= 0.6 is 0 Å². The number of esters is 1. The molecule has 0 saturated heterocycles. The molecular formula is C24H36N2O6. The molecular weight excluding hydrogens is 412 g/mol. The van der Waals surface area contributed by atoms with E-state index in [-0.39, 0.29) is 19.1 Å². The van der Waals surface area contributed by atoms with E-state index in [2.05, 4.69) is 10.6 Å². The average Bonchev–Trinajstić information content (AvgIpc) is 2.72. The number of hydrogen-bond donors (Lipinski definition) is 2. The molecule has 1 aromatic rings. The van der Waals surface area contributed by atoms with Gasteiger partial charge < -0.3 is 24.8 Å². The predicted octanol–water partition coefficient (Wildman–Crippen LogP) is 3.13. The maximum atomic E-state index is 13.1. The third-order valence-corrected chi connectivity index (χ3v) is 5.07. The number of ether oxygens (including phenoxy) is 3. The molecule has 2 amide bonds. The lowest BCUT2D eigenvalue weighted by molar-refractivity contribution is -0.158. The minimum atomic E-state index is -1.25. The molecule has 1 fully saturated rings. The van der Waals surface area contributed by atoms with Crippen LogP contribution in [-0.4, -0.2) is 55.5 Å². The largest absolute Gasteiger partial charge is 0.450 e. The van der Waals surface area contributed by atoms with Crippen molar-refractivity contribution in [1.29, 1.82) is 0 Å². The van der Waals surface area contributed by atoms with Crippen molar-refractivity contribution in [3.8, 4) is 0 Å². The lowest BCUT2D eigenvalue weighted by Crippen LogP contribution is -2.56. The van der Waals surface area contributed by atoms with Gasteiger partial charge in [0.25, 0.3) is 5.91 Å². The monoisotopic (exact) mass is 448 g/mol. The zero-order chi connectivity index (χ0) is 23.6. The highest BCUT2D eigenvalue weighted by atomic mass is 16.6. The van der Waals surface area contributed by atoms with Gasteiger partial charge in [-0.15, -0.1) is 0 Å². The molecule has 1 aliphatic rings. The van der Waals surface area contributed by atoms with Gasteiger partial charge in [0.1, 0.15) is 11.6 Å². The number of alkyl carbamates (subject to hydrolysis) is 1. The summed E-state index contributed by atoms with van der Waals surface area (Å²) in [6.45, 7) is 5.20. The summed E-state index contributed by atoms with van der Waals surface area (Å²) >= 11 is 0. The van der Waals surface area contributed by atoms with Crippen molar-refractivity contribution in [1.82, 2.24) is 10.6 Å². The van der Waals surface area contributed by atoms with Crippen LogP contribution in [0, 0.1) is 0 Å².